The molecule has 6 heteroatoms. The number of carbonyl (C=O) groups excluding carboxylic acids is 1. The van der Waals surface area contributed by atoms with Gasteiger partial charge in [-0.05, 0) is 28.6 Å². The molecule has 0 bridgehead atoms. The van der Waals surface area contributed by atoms with Gasteiger partial charge in [-0.1, -0.05) is 114 Å². The van der Waals surface area contributed by atoms with E-state index in [0.717, 1.165) is 22.2 Å². The number of carbonyl (C=O) groups is 1. The number of benzene rings is 3. The van der Waals surface area contributed by atoms with Crippen molar-refractivity contribution in [1.82, 2.24) is 9.47 Å². The number of para-hydroxylation sites is 1. The Morgan fingerprint density at radius 2 is 1.35 bits per heavy atom. The molecule has 0 unspecified atom stereocenters. The van der Waals surface area contributed by atoms with Crippen LogP contribution in [0.25, 0.3) is 10.9 Å². The average Bonchev–Trinajstić information content (AvgIpc) is 3.10. The zero-order chi connectivity index (χ0) is 21.8. The second-order valence-electron chi connectivity index (χ2n) is 7.41. The van der Waals surface area contributed by atoms with E-state index in [9.17, 15) is 4.79 Å². The van der Waals surface area contributed by atoms with Crippen LogP contribution in [-0.4, -0.2) is 19.2 Å². The summed E-state index contributed by atoms with van der Waals surface area (Å²) in [6.45, 7) is 1.36. The first kappa shape index (κ1) is 21.8. The van der Waals surface area contributed by atoms with Crippen LogP contribution in [0.5, 0.6) is 0 Å². The van der Waals surface area contributed by atoms with E-state index < -0.39 is 9.70 Å². The van der Waals surface area contributed by atoms with Crippen LogP contribution < -0.4 is 0 Å². The smallest absolute Gasteiger partial charge is 0.275 e. The fraction of sp³-hybridized carbons (Fsp3) is 0.160. The number of halogens is 3. The number of nitrogens with zero attached hydrogens (tertiary/aromatic N) is 2. The molecule has 0 saturated heterocycles. The Morgan fingerprint density at radius 1 is 0.774 bits per heavy atom. The van der Waals surface area contributed by atoms with Crippen LogP contribution in [0.2, 0.25) is 0 Å². The van der Waals surface area contributed by atoms with Crippen LogP contribution in [-0.2, 0) is 24.4 Å². The molecule has 0 aliphatic carbocycles. The molecule has 0 radical (unpaired) electrons. The van der Waals surface area contributed by atoms with Crippen molar-refractivity contribution >= 4 is 51.6 Å². The van der Waals surface area contributed by atoms with Gasteiger partial charge in [-0.3, -0.25) is 4.79 Å². The van der Waals surface area contributed by atoms with E-state index in [0.29, 0.717) is 19.6 Å². The minimum absolute atomic E-state index is 0.323. The molecule has 1 heterocycles. The second-order valence-corrected chi connectivity index (χ2v) is 9.69. The number of alkyl halides is 3. The molecule has 4 aromatic rings. The Bertz CT molecular complexity index is 1170. The van der Waals surface area contributed by atoms with E-state index in [-0.39, 0.29) is 0 Å². The van der Waals surface area contributed by atoms with Gasteiger partial charge in [-0.15, -0.1) is 0 Å². The molecule has 0 aliphatic rings. The highest BCUT2D eigenvalue weighted by Gasteiger charge is 2.35. The molecule has 158 valence electrons. The van der Waals surface area contributed by atoms with Crippen molar-refractivity contribution < 1.29 is 4.79 Å². The number of rotatable bonds is 6. The van der Waals surface area contributed by atoms with Crippen LogP contribution in [0.15, 0.2) is 91.0 Å². The van der Waals surface area contributed by atoms with Crippen molar-refractivity contribution in [2.75, 3.05) is 0 Å². The molecule has 3 nitrogen and oxygen atoms in total. The van der Waals surface area contributed by atoms with E-state index in [1.807, 2.05) is 60.7 Å². The van der Waals surface area contributed by atoms with E-state index in [2.05, 4.69) is 34.9 Å². The Balaban J connectivity index is 1.72. The summed E-state index contributed by atoms with van der Waals surface area (Å²) in [5.74, 6) is -0.544. The van der Waals surface area contributed by atoms with Crippen molar-refractivity contribution in [3.05, 3.63) is 108 Å². The van der Waals surface area contributed by atoms with Crippen LogP contribution in [0, 0.1) is 0 Å². The summed E-state index contributed by atoms with van der Waals surface area (Å²) in [4.78, 5) is 14.6. The van der Waals surface area contributed by atoms with Gasteiger partial charge < -0.3 is 9.47 Å². The number of fused-ring (bicyclic) bond motifs is 1. The fourth-order valence-corrected chi connectivity index (χ4v) is 4.09. The quantitative estimate of drug-likeness (QED) is 0.291. The maximum Gasteiger partial charge on any atom is 0.275 e. The van der Waals surface area contributed by atoms with E-state index in [1.165, 1.54) is 5.56 Å². The number of amides is 1. The highest BCUT2D eigenvalue weighted by atomic mass is 35.6. The lowest BCUT2D eigenvalue weighted by molar-refractivity contribution is -0.131. The molecule has 0 fully saturated rings. The minimum atomic E-state index is -2.02. The zero-order valence-electron chi connectivity index (χ0n) is 16.7. The van der Waals surface area contributed by atoms with Crippen LogP contribution in [0.1, 0.15) is 16.8 Å². The van der Waals surface area contributed by atoms with Gasteiger partial charge in [0.15, 0.2) is 0 Å². The SMILES string of the molecule is O=C(N(Cc1ccccc1)Cc1cc2ccccc2n1Cc1ccccc1)C(Cl)(Cl)Cl. The van der Waals surface area contributed by atoms with E-state index in [1.54, 1.807) is 4.90 Å². The first-order chi connectivity index (χ1) is 14.9. The highest BCUT2D eigenvalue weighted by Crippen LogP contribution is 2.31. The third-order valence-electron chi connectivity index (χ3n) is 5.18. The molecule has 0 aliphatic heterocycles. The molecule has 0 N–H and O–H groups in total. The Labute approximate surface area is 196 Å². The summed E-state index contributed by atoms with van der Waals surface area (Å²) in [6.07, 6.45) is 0. The van der Waals surface area contributed by atoms with Gasteiger partial charge in [0, 0.05) is 24.3 Å². The number of hydrogen-bond donors (Lipinski definition) is 0. The van der Waals surface area contributed by atoms with Gasteiger partial charge in [0.2, 0.25) is 0 Å². The predicted molar refractivity (Wildman–Crippen MR) is 128 cm³/mol. The fourth-order valence-electron chi connectivity index (χ4n) is 3.73. The summed E-state index contributed by atoms with van der Waals surface area (Å²) in [5.41, 5.74) is 4.22. The highest BCUT2D eigenvalue weighted by molar-refractivity contribution is 6.76. The van der Waals surface area contributed by atoms with Crippen molar-refractivity contribution in [3.8, 4) is 0 Å². The lowest BCUT2D eigenvalue weighted by Gasteiger charge is -2.27. The normalized spacial score (nSPS) is 11.6. The molecule has 31 heavy (non-hydrogen) atoms. The van der Waals surface area contributed by atoms with Gasteiger partial charge in [-0.25, -0.2) is 0 Å². The topological polar surface area (TPSA) is 25.2 Å². The predicted octanol–water partition coefficient (Wildman–Crippen LogP) is 6.59. The van der Waals surface area contributed by atoms with E-state index >= 15 is 0 Å². The second kappa shape index (κ2) is 9.35. The summed E-state index contributed by atoms with van der Waals surface area (Å²) in [5, 5.41) is 1.11. The van der Waals surface area contributed by atoms with Gasteiger partial charge in [0.05, 0.1) is 6.54 Å². The van der Waals surface area contributed by atoms with Gasteiger partial charge in [0.25, 0.3) is 9.70 Å². The van der Waals surface area contributed by atoms with Crippen LogP contribution in [0.3, 0.4) is 0 Å². The molecule has 1 aromatic heterocycles. The summed E-state index contributed by atoms with van der Waals surface area (Å²) < 4.78 is 0.194. The summed E-state index contributed by atoms with van der Waals surface area (Å²) in [6, 6.07) is 30.2. The third-order valence-corrected chi connectivity index (χ3v) is 5.66. The van der Waals surface area contributed by atoms with Gasteiger partial charge in [-0.2, -0.15) is 0 Å². The number of aromatic nitrogens is 1. The monoisotopic (exact) mass is 470 g/mol. The number of hydrogen-bond acceptors (Lipinski definition) is 1. The molecule has 0 atom stereocenters. The molecule has 0 saturated carbocycles. The first-order valence-electron chi connectivity index (χ1n) is 9.93. The van der Waals surface area contributed by atoms with Crippen molar-refractivity contribution in [2.24, 2.45) is 0 Å². The van der Waals surface area contributed by atoms with Gasteiger partial charge in [0.1, 0.15) is 0 Å². The lowest BCUT2D eigenvalue weighted by Crippen LogP contribution is -2.39. The molecule has 3 aromatic carbocycles. The third kappa shape index (κ3) is 5.24. The Hall–Kier alpha value is -2.46. The van der Waals surface area contributed by atoms with Crippen LogP contribution >= 0.6 is 34.8 Å². The lowest BCUT2D eigenvalue weighted by atomic mass is 10.2. The van der Waals surface area contributed by atoms with Gasteiger partial charge >= 0.3 is 0 Å². The summed E-state index contributed by atoms with van der Waals surface area (Å²) >= 11 is 18.0. The average molecular weight is 472 g/mol. The largest absolute Gasteiger partial charge is 0.338 e. The minimum Gasteiger partial charge on any atom is -0.338 e. The van der Waals surface area contributed by atoms with Crippen molar-refractivity contribution in [3.63, 3.8) is 0 Å². The Morgan fingerprint density at radius 3 is 2.00 bits per heavy atom. The maximum atomic E-state index is 13.0. The molecule has 1 amide bonds. The summed E-state index contributed by atoms with van der Waals surface area (Å²) in [7, 11) is 0. The molecule has 0 spiro atoms. The molecular weight excluding hydrogens is 451 g/mol. The standard InChI is InChI=1S/C25H21Cl3N2O/c26-25(27,28)24(31)29(16-19-9-3-1-4-10-19)18-22-15-21-13-7-8-14-23(21)30(22)17-20-11-5-2-6-12-20/h1-15H,16-18H2. The zero-order valence-corrected chi connectivity index (χ0v) is 19.0. The van der Waals surface area contributed by atoms with E-state index in [4.69, 9.17) is 34.8 Å². The molecule has 4 rings (SSSR count). The Kier molecular flexibility index (Phi) is 6.57. The first-order valence-corrected chi connectivity index (χ1v) is 11.1. The molecular formula is C25H21Cl3N2O. The van der Waals surface area contributed by atoms with Crippen molar-refractivity contribution in [1.29, 1.82) is 0 Å². The van der Waals surface area contributed by atoms with Crippen molar-refractivity contribution in [2.45, 2.75) is 23.4 Å². The maximum absolute atomic E-state index is 13.0. The van der Waals surface area contributed by atoms with Crippen LogP contribution in [0.4, 0.5) is 0 Å².